The number of hydrogen-bond donors (Lipinski definition) is 7. The van der Waals surface area contributed by atoms with Gasteiger partial charge in [0.1, 0.15) is 30.0 Å². The summed E-state index contributed by atoms with van der Waals surface area (Å²) < 4.78 is 77.7. The van der Waals surface area contributed by atoms with Gasteiger partial charge in [-0.2, -0.15) is 0 Å². The van der Waals surface area contributed by atoms with E-state index < -0.39 is 88.3 Å². The molecule has 6 heterocycles. The van der Waals surface area contributed by atoms with Crippen molar-refractivity contribution in [3.63, 3.8) is 0 Å². The number of aromatic nitrogens is 2. The van der Waals surface area contributed by atoms with Crippen LogP contribution in [-0.2, 0) is 120 Å². The second kappa shape index (κ2) is 39.4. The fourth-order valence-electron chi connectivity index (χ4n) is 12.9. The van der Waals surface area contributed by atoms with Crippen molar-refractivity contribution in [2.75, 3.05) is 150 Å². The summed E-state index contributed by atoms with van der Waals surface area (Å²) in [5.74, 6) is -5.37. The van der Waals surface area contributed by atoms with Gasteiger partial charge in [-0.1, -0.05) is 26.0 Å². The molecule has 34 heteroatoms. The van der Waals surface area contributed by atoms with Gasteiger partial charge in [0.05, 0.1) is 154 Å². The van der Waals surface area contributed by atoms with Crippen LogP contribution in [0.4, 0.5) is 14.9 Å². The number of nitrogens with zero attached hydrogens (tertiary/aromatic N) is 4. The van der Waals surface area contributed by atoms with E-state index in [0.29, 0.717) is 144 Å². The molecule has 0 saturated carbocycles. The van der Waals surface area contributed by atoms with Crippen LogP contribution in [0.5, 0.6) is 0 Å². The lowest BCUT2D eigenvalue weighted by molar-refractivity contribution is -0.172. The van der Waals surface area contributed by atoms with E-state index in [1.54, 1.807) is 26.8 Å². The van der Waals surface area contributed by atoms with Gasteiger partial charge in [0, 0.05) is 85.2 Å². The number of carbonyl (C=O) groups excluding carboxylic acids is 10. The van der Waals surface area contributed by atoms with Crippen molar-refractivity contribution < 1.29 is 110 Å². The Morgan fingerprint density at radius 2 is 1.32 bits per heavy atom. The van der Waals surface area contributed by atoms with Crippen LogP contribution in [0.2, 0.25) is 0 Å². The third kappa shape index (κ3) is 21.5. The minimum atomic E-state index is -2.09. The van der Waals surface area contributed by atoms with Gasteiger partial charge in [-0.15, -0.1) is 0 Å². The largest absolute Gasteiger partial charge is 0.458 e. The molecule has 2 saturated heterocycles. The molecule has 0 spiro atoms. The number of halogens is 1. The lowest BCUT2D eigenvalue weighted by Gasteiger charge is -2.33. The zero-order valence-corrected chi connectivity index (χ0v) is 62.2. The summed E-state index contributed by atoms with van der Waals surface area (Å²) in [6.07, 6.45) is -1.90. The summed E-state index contributed by atoms with van der Waals surface area (Å²) in [6.45, 7) is 17.0. The first-order chi connectivity index (χ1) is 51.8. The number of cyclic esters (lactones) is 1. The Hall–Kier alpha value is -8.97. The number of benzene rings is 2. The summed E-state index contributed by atoms with van der Waals surface area (Å²) in [7, 11) is 0. The number of nitrogens with one attached hydrogen (secondary N) is 6. The number of ether oxygens (including phenoxy) is 11. The smallest absolute Gasteiger partial charge is 0.409 e. The molecule has 7 N–H and O–H groups in total. The van der Waals surface area contributed by atoms with Gasteiger partial charge < -0.3 is 98.6 Å². The number of hydrogen-bond acceptors (Lipinski definition) is 24. The topological polar surface area (TPSA) is 406 Å². The Bertz CT molecular complexity index is 3960. The van der Waals surface area contributed by atoms with Crippen molar-refractivity contribution in [1.29, 1.82) is 0 Å². The number of esters is 1. The van der Waals surface area contributed by atoms with Crippen molar-refractivity contribution in [1.82, 2.24) is 45.9 Å². The van der Waals surface area contributed by atoms with Crippen LogP contribution in [0, 0.1) is 18.7 Å². The van der Waals surface area contributed by atoms with E-state index in [1.807, 2.05) is 0 Å². The lowest BCUT2D eigenvalue weighted by Crippen LogP contribution is -2.56. The molecule has 33 nitrogen and oxygen atoms in total. The highest BCUT2D eigenvalue weighted by Crippen LogP contribution is 2.46. The molecule has 590 valence electrons. The first-order valence-corrected chi connectivity index (χ1v) is 36.5. The third-order valence-corrected chi connectivity index (χ3v) is 19.1. The molecule has 5 aliphatic rings. The monoisotopic (exact) mass is 1510 g/mol. The minimum Gasteiger partial charge on any atom is -0.458 e. The van der Waals surface area contributed by atoms with Crippen molar-refractivity contribution in [2.45, 2.75) is 136 Å². The molecule has 1 aliphatic carbocycles. The Balaban J connectivity index is 0.620. The standard InChI is InChI=1S/C74H99FN10O23/c1-8-74(97)53-40-57-63-51(42-85(57)68(92)52(53)43-107-71(74)95)62-55(14-13-50-45(3)54(75)41-56(80-63)61(50)62)81-70(94)73(6,7)82-72(96)108-64(69(93)83-19-23-100-24-20-83)48-9-11-49(12-10-48)79-66(90)47(5)78-65(89)46(4)77-59(87)16-21-98-25-27-101-29-31-103-33-35-105-37-38-106-36-34-104-32-30-102-28-26-99-22-17-76-58(86)15-18-84-60(88)39-44(2)67(84)91/h9-12,40-41,44,46-47,55,64,97H,8,13-39,42-43H2,1-7H3,(H,76,86)(H,77,87)(H,78,89)(H,79,90)(H,81,94)(H,82,96)/t44?,46-,47-,55-,64?,74-/m0/s1. The fraction of sp³-hybridized carbons (Fsp3) is 0.595. The highest BCUT2D eigenvalue weighted by atomic mass is 19.1. The number of anilines is 1. The average Bonchev–Trinajstić information content (AvgIpc) is 1.51. The van der Waals surface area contributed by atoms with Crippen molar-refractivity contribution in [3.05, 3.63) is 91.5 Å². The molecule has 9 rings (SSSR count). The molecular weight excluding hydrogens is 1420 g/mol. The predicted octanol–water partition coefficient (Wildman–Crippen LogP) is 2.11. The maximum atomic E-state index is 15.6. The van der Waals surface area contributed by atoms with Crippen LogP contribution in [0.15, 0.2) is 41.2 Å². The number of pyridine rings is 2. The molecule has 4 aliphatic heterocycles. The highest BCUT2D eigenvalue weighted by Gasteiger charge is 2.47. The van der Waals surface area contributed by atoms with Crippen LogP contribution >= 0.6 is 0 Å². The van der Waals surface area contributed by atoms with E-state index in [0.717, 1.165) is 4.90 Å². The maximum absolute atomic E-state index is 15.6. The molecule has 2 fully saturated rings. The normalized spacial score (nSPS) is 18.1. The van der Waals surface area contributed by atoms with Gasteiger partial charge in [0.15, 0.2) is 5.60 Å². The van der Waals surface area contributed by atoms with Gasteiger partial charge in [0.25, 0.3) is 11.5 Å². The summed E-state index contributed by atoms with van der Waals surface area (Å²) in [6, 6.07) is 5.96. The van der Waals surface area contributed by atoms with Crippen molar-refractivity contribution in [3.8, 4) is 11.4 Å². The lowest BCUT2D eigenvalue weighted by atomic mass is 9.81. The third-order valence-electron chi connectivity index (χ3n) is 19.1. The minimum absolute atomic E-state index is 0.00232. The number of alkyl carbamates (subject to hydrolysis) is 1. The summed E-state index contributed by atoms with van der Waals surface area (Å²) in [5.41, 5.74) is -0.427. The fourth-order valence-corrected chi connectivity index (χ4v) is 12.9. The zero-order valence-electron chi connectivity index (χ0n) is 62.2. The second-order valence-corrected chi connectivity index (χ2v) is 27.2. The number of amides is 9. The first kappa shape index (κ1) is 83.1. The van der Waals surface area contributed by atoms with E-state index in [2.05, 4.69) is 31.9 Å². The number of likely N-dealkylation sites (tertiary alicyclic amines) is 1. The number of morpholine rings is 1. The van der Waals surface area contributed by atoms with Crippen LogP contribution < -0.4 is 37.5 Å². The van der Waals surface area contributed by atoms with Crippen LogP contribution in [0.25, 0.3) is 22.3 Å². The Kier molecular flexibility index (Phi) is 30.3. The molecule has 2 aromatic heterocycles. The van der Waals surface area contributed by atoms with E-state index in [-0.39, 0.29) is 143 Å². The molecule has 0 bridgehead atoms. The summed E-state index contributed by atoms with van der Waals surface area (Å²) >= 11 is 0. The van der Waals surface area contributed by atoms with Gasteiger partial charge in [-0.25, -0.2) is 19.0 Å². The van der Waals surface area contributed by atoms with E-state index in [1.165, 1.54) is 67.5 Å². The predicted molar refractivity (Wildman–Crippen MR) is 382 cm³/mol. The number of aliphatic hydroxyl groups is 1. The van der Waals surface area contributed by atoms with Crippen LogP contribution in [0.3, 0.4) is 0 Å². The SMILES string of the molecule is CC[C@@]1(O)C(=O)OCc2c1cc1n(c2=O)Cc2c-1nc1cc(F)c(C)c3c1c2[C@@H](NC(=O)C(C)(C)NC(=O)OC(C(=O)N1CCOCC1)c1ccc(NC(=O)[C@H](C)NC(=O)[C@H](C)NC(=O)CCOCCOCCOCCOCCOCCOCCOCCOCCNC(=O)CCN2C(=O)CC(C)C2=O)cc1)CC3. The summed E-state index contributed by atoms with van der Waals surface area (Å²) in [4.78, 5) is 152. The number of imide groups is 1. The first-order valence-electron chi connectivity index (χ1n) is 36.5. The molecular formula is C74H99FN10O23. The zero-order chi connectivity index (χ0) is 77.7. The molecule has 0 radical (unpaired) electrons. The van der Waals surface area contributed by atoms with Gasteiger partial charge in [-0.3, -0.25) is 48.1 Å². The quantitative estimate of drug-likeness (QED) is 0.0167. The highest BCUT2D eigenvalue weighted by molar-refractivity contribution is 6.04. The number of aryl methyl sites for hydroxylation is 1. The Morgan fingerprint density at radius 1 is 0.741 bits per heavy atom. The molecule has 2 aromatic carbocycles. The average molecular weight is 1520 g/mol. The van der Waals surface area contributed by atoms with Crippen molar-refractivity contribution >= 4 is 75.9 Å². The second-order valence-electron chi connectivity index (χ2n) is 27.2. The van der Waals surface area contributed by atoms with E-state index in [9.17, 15) is 57.8 Å². The summed E-state index contributed by atoms with van der Waals surface area (Å²) in [5, 5.41) is 28.4. The number of fused-ring (bicyclic) bond motifs is 5. The van der Waals surface area contributed by atoms with Crippen molar-refractivity contribution in [2.24, 2.45) is 5.92 Å². The van der Waals surface area contributed by atoms with Gasteiger partial charge in [-0.05, 0) is 88.8 Å². The molecule has 6 atom stereocenters. The Labute approximate surface area is 623 Å². The Morgan fingerprint density at radius 3 is 1.91 bits per heavy atom. The van der Waals surface area contributed by atoms with E-state index in [4.69, 9.17) is 57.1 Å². The van der Waals surface area contributed by atoms with Crippen LogP contribution in [-0.4, -0.2) is 247 Å². The molecule has 9 amide bonds. The molecule has 4 aromatic rings. The number of carbonyl (C=O) groups is 10. The van der Waals surface area contributed by atoms with Gasteiger partial charge in [0.2, 0.25) is 47.5 Å². The maximum Gasteiger partial charge on any atom is 0.409 e. The van der Waals surface area contributed by atoms with E-state index >= 15 is 4.39 Å². The molecule has 108 heavy (non-hydrogen) atoms. The number of rotatable bonds is 42. The van der Waals surface area contributed by atoms with Gasteiger partial charge >= 0.3 is 12.1 Å². The molecule has 2 unspecified atom stereocenters. The van der Waals surface area contributed by atoms with Crippen LogP contribution in [0.1, 0.15) is 125 Å².